The summed E-state index contributed by atoms with van der Waals surface area (Å²) in [5.41, 5.74) is 22.3. The van der Waals surface area contributed by atoms with Crippen molar-refractivity contribution in [3.8, 4) is 0 Å². The number of nitrogens with two attached hydrogens (primary N) is 4. The molecule has 0 heterocycles. The highest BCUT2D eigenvalue weighted by molar-refractivity contribution is 5.99. The van der Waals surface area contributed by atoms with E-state index in [0.717, 1.165) is 0 Å². The standard InChI is InChI=1S/C51H93N13O15/c1-25(2)23-35(60-42(69)29(9)56-50(77)41(30(10)65)64-45(72)32(17-19-37(55)66)57-43(70)31(54)15-11-13-21-52)46(73)62-39(27(5)6)48(75)58-33(18-20-38(67)68)44(71)61-36(24-26(3)4)47(74)63-40(28(7)8)49(76)59-34(51(78)79)16-12-14-22-53/h25-36,39-41,65H,11-24,52-54H2,1-10H3,(H2,55,66)(H,56,77)(H,57,70)(H,58,75)(H,59,76)(H,60,69)(H,61,71)(H,62,73)(H,63,74)(H,64,72)(H,67,68)(H,78,79)/t29-,30+,31-,32-,33-,34-,35-,36-,39-,40-,41-/m0/s1. The first-order valence-corrected chi connectivity index (χ1v) is 27.1. The zero-order chi connectivity index (χ0) is 60.9. The lowest BCUT2D eigenvalue weighted by atomic mass is 9.98. The molecular weight excluding hydrogens is 1030 g/mol. The fraction of sp³-hybridized carbons (Fsp3) is 0.765. The van der Waals surface area contributed by atoms with Gasteiger partial charge in [0.1, 0.15) is 54.4 Å². The van der Waals surface area contributed by atoms with Gasteiger partial charge in [0, 0.05) is 12.8 Å². The van der Waals surface area contributed by atoms with Gasteiger partial charge < -0.3 is 86.1 Å². The van der Waals surface area contributed by atoms with Crippen molar-refractivity contribution in [2.24, 2.45) is 46.6 Å². The molecule has 0 saturated carbocycles. The van der Waals surface area contributed by atoms with Crippen molar-refractivity contribution in [3.63, 3.8) is 0 Å². The number of hydrogen-bond donors (Lipinski definition) is 16. The maximum atomic E-state index is 14.1. The number of unbranched alkanes of at least 4 members (excludes halogenated alkanes) is 2. The Kier molecular flexibility index (Phi) is 34.3. The van der Waals surface area contributed by atoms with Gasteiger partial charge in [0.2, 0.25) is 59.1 Å². The van der Waals surface area contributed by atoms with Gasteiger partial charge in [-0.05, 0) is 108 Å². The number of carbonyl (C=O) groups excluding carboxylic acids is 10. The average molecular weight is 1130 g/mol. The minimum atomic E-state index is -1.71. The van der Waals surface area contributed by atoms with E-state index in [-0.39, 0.29) is 50.4 Å². The van der Waals surface area contributed by atoms with Gasteiger partial charge in [0.25, 0.3) is 0 Å². The van der Waals surface area contributed by atoms with E-state index in [4.69, 9.17) is 22.9 Å². The number of primary amides is 1. The molecule has 28 nitrogen and oxygen atoms in total. The lowest BCUT2D eigenvalue weighted by Crippen LogP contribution is -2.62. The van der Waals surface area contributed by atoms with E-state index in [2.05, 4.69) is 47.9 Å². The fourth-order valence-electron chi connectivity index (χ4n) is 7.86. The van der Waals surface area contributed by atoms with Crippen LogP contribution in [0.15, 0.2) is 0 Å². The molecule has 0 aliphatic rings. The molecule has 0 unspecified atom stereocenters. The van der Waals surface area contributed by atoms with Gasteiger partial charge in [-0.25, -0.2) is 4.79 Å². The predicted molar refractivity (Wildman–Crippen MR) is 290 cm³/mol. The van der Waals surface area contributed by atoms with Crippen LogP contribution in [0.5, 0.6) is 0 Å². The maximum absolute atomic E-state index is 14.1. The highest BCUT2D eigenvalue weighted by atomic mass is 16.4. The topological polar surface area (TPSA) is 478 Å². The van der Waals surface area contributed by atoms with Crippen LogP contribution in [0, 0.1) is 23.7 Å². The summed E-state index contributed by atoms with van der Waals surface area (Å²) in [6, 6.07) is -13.7. The minimum Gasteiger partial charge on any atom is -0.481 e. The van der Waals surface area contributed by atoms with E-state index in [9.17, 15) is 72.9 Å². The molecule has 0 spiro atoms. The Morgan fingerprint density at radius 3 is 1.18 bits per heavy atom. The molecule has 0 saturated heterocycles. The zero-order valence-electron chi connectivity index (χ0n) is 47.6. The Balaban J connectivity index is 6.44. The summed E-state index contributed by atoms with van der Waals surface area (Å²) in [6.07, 6.45) is -0.874. The van der Waals surface area contributed by atoms with Crippen LogP contribution >= 0.6 is 0 Å². The summed E-state index contributed by atoms with van der Waals surface area (Å²) in [5.74, 6) is -13.1. The number of nitrogens with one attached hydrogen (secondary N) is 9. The van der Waals surface area contributed by atoms with Crippen LogP contribution in [0.4, 0.5) is 0 Å². The Bertz CT molecular complexity index is 2040. The van der Waals surface area contributed by atoms with Crippen LogP contribution in [0.25, 0.3) is 0 Å². The second kappa shape index (κ2) is 37.4. The normalized spacial score (nSPS) is 15.6. The van der Waals surface area contributed by atoms with Crippen LogP contribution in [-0.2, 0) is 57.5 Å². The van der Waals surface area contributed by atoms with Gasteiger partial charge in [-0.2, -0.15) is 0 Å². The molecule has 0 aliphatic heterocycles. The summed E-state index contributed by atoms with van der Waals surface area (Å²) in [6.45, 7) is 16.5. The predicted octanol–water partition coefficient (Wildman–Crippen LogP) is -3.05. The maximum Gasteiger partial charge on any atom is 0.326 e. The highest BCUT2D eigenvalue weighted by Gasteiger charge is 2.37. The molecule has 0 rings (SSSR count). The van der Waals surface area contributed by atoms with Crippen molar-refractivity contribution >= 4 is 71.0 Å². The average Bonchev–Trinajstić information content (AvgIpc) is 3.34. The van der Waals surface area contributed by atoms with Gasteiger partial charge in [-0.3, -0.25) is 52.7 Å². The number of amides is 10. The summed E-state index contributed by atoms with van der Waals surface area (Å²) in [5, 5.41) is 52.3. The molecule has 0 radical (unpaired) electrons. The van der Waals surface area contributed by atoms with Crippen LogP contribution < -0.4 is 70.8 Å². The smallest absolute Gasteiger partial charge is 0.326 e. The van der Waals surface area contributed by atoms with E-state index in [1.807, 2.05) is 0 Å². The third kappa shape index (κ3) is 28.8. The first-order chi connectivity index (χ1) is 36.8. The van der Waals surface area contributed by atoms with Crippen molar-refractivity contribution < 1.29 is 72.9 Å². The first-order valence-electron chi connectivity index (χ1n) is 27.1. The van der Waals surface area contributed by atoms with E-state index in [1.54, 1.807) is 55.4 Å². The van der Waals surface area contributed by atoms with Gasteiger partial charge in [0.15, 0.2) is 0 Å². The number of hydrogen-bond acceptors (Lipinski definition) is 16. The van der Waals surface area contributed by atoms with Crippen molar-refractivity contribution in [3.05, 3.63) is 0 Å². The molecule has 79 heavy (non-hydrogen) atoms. The molecule has 10 amide bonds. The van der Waals surface area contributed by atoms with Gasteiger partial charge in [-0.1, -0.05) is 61.8 Å². The van der Waals surface area contributed by atoms with Crippen LogP contribution in [0.3, 0.4) is 0 Å². The third-order valence-electron chi connectivity index (χ3n) is 12.4. The number of carboxylic acids is 2. The number of carboxylic acid groups (broad SMARTS) is 2. The second-order valence-corrected chi connectivity index (χ2v) is 21.4. The van der Waals surface area contributed by atoms with Gasteiger partial charge in [-0.15, -0.1) is 0 Å². The summed E-state index contributed by atoms with van der Waals surface area (Å²) < 4.78 is 0. The summed E-state index contributed by atoms with van der Waals surface area (Å²) in [7, 11) is 0. The van der Waals surface area contributed by atoms with E-state index in [0.29, 0.717) is 38.8 Å². The van der Waals surface area contributed by atoms with Crippen LogP contribution in [-0.4, -0.2) is 166 Å². The Hall–Kier alpha value is -6.52. The van der Waals surface area contributed by atoms with Gasteiger partial charge >= 0.3 is 11.9 Å². The summed E-state index contributed by atoms with van der Waals surface area (Å²) >= 11 is 0. The molecular formula is C51H93N13O15. The molecule has 0 aliphatic carbocycles. The van der Waals surface area contributed by atoms with Crippen molar-refractivity contribution in [1.82, 2.24) is 47.9 Å². The van der Waals surface area contributed by atoms with Crippen molar-refractivity contribution in [2.45, 2.75) is 213 Å². The molecule has 0 aromatic carbocycles. The fourth-order valence-corrected chi connectivity index (χ4v) is 7.86. The number of aliphatic hydroxyl groups is 1. The number of carbonyl (C=O) groups is 12. The van der Waals surface area contributed by atoms with E-state index >= 15 is 0 Å². The Labute approximate surface area is 463 Å². The van der Waals surface area contributed by atoms with Crippen LogP contribution in [0.1, 0.15) is 146 Å². The molecule has 0 fully saturated rings. The summed E-state index contributed by atoms with van der Waals surface area (Å²) in [4.78, 5) is 158. The first kappa shape index (κ1) is 72.5. The SMILES string of the molecule is CC(C)C[C@H](NC(=O)[C@H](C)NC(=O)[C@@H](NC(=O)[C@H](CCC(N)=O)NC(=O)[C@@H](N)CCCCN)[C@@H](C)O)C(=O)N[C@H](C(=O)N[C@@H](CCC(=O)O)C(=O)N[C@@H](CC(C)C)C(=O)N[C@H](C(=O)N[C@@H](CCCCN)C(=O)O)C(C)C)C(C)C. The van der Waals surface area contributed by atoms with E-state index in [1.165, 1.54) is 13.8 Å². The zero-order valence-corrected chi connectivity index (χ0v) is 47.6. The quantitative estimate of drug-likeness (QED) is 0.0271. The lowest BCUT2D eigenvalue weighted by molar-refractivity contribution is -0.143. The molecule has 28 heteroatoms. The van der Waals surface area contributed by atoms with Crippen molar-refractivity contribution in [1.29, 1.82) is 0 Å². The highest BCUT2D eigenvalue weighted by Crippen LogP contribution is 2.14. The molecule has 0 aromatic heterocycles. The Morgan fingerprint density at radius 1 is 0.405 bits per heavy atom. The molecule has 0 aromatic rings. The number of aliphatic hydroxyl groups excluding tert-OH is 1. The minimum absolute atomic E-state index is 0.00330. The second-order valence-electron chi connectivity index (χ2n) is 21.4. The lowest BCUT2D eigenvalue weighted by Gasteiger charge is -2.30. The Morgan fingerprint density at radius 2 is 0.772 bits per heavy atom. The largest absolute Gasteiger partial charge is 0.481 e. The van der Waals surface area contributed by atoms with Gasteiger partial charge in [0.05, 0.1) is 12.1 Å². The van der Waals surface area contributed by atoms with Crippen molar-refractivity contribution in [2.75, 3.05) is 13.1 Å². The molecule has 20 N–H and O–H groups in total. The molecule has 452 valence electrons. The van der Waals surface area contributed by atoms with Crippen LogP contribution in [0.2, 0.25) is 0 Å². The van der Waals surface area contributed by atoms with E-state index < -0.39 is 162 Å². The monoisotopic (exact) mass is 1130 g/mol. The number of aliphatic carboxylic acids is 2. The third-order valence-corrected chi connectivity index (χ3v) is 12.4. The molecule has 11 atom stereocenters. The molecule has 0 bridgehead atoms. The number of rotatable bonds is 40.